The van der Waals surface area contributed by atoms with E-state index in [0.717, 1.165) is 25.7 Å². The first-order valence-electron chi connectivity index (χ1n) is 10.1. The minimum Gasteiger partial charge on any atom is -0.434 e. The topological polar surface area (TPSA) is 98.1 Å². The van der Waals surface area contributed by atoms with E-state index in [4.69, 9.17) is 33.7 Å². The van der Waals surface area contributed by atoms with Crippen LogP contribution < -0.4 is 16.0 Å². The number of H-pyrrole nitrogens is 1. The number of hydrogen-bond acceptors (Lipinski definition) is 4. The Bertz CT molecular complexity index is 1160. The molecule has 0 bridgehead atoms. The molecular formula is C23H21Cl2N3O3. The number of carbonyl (C=O) groups is 1. The Morgan fingerprint density at radius 3 is 2.42 bits per heavy atom. The number of hydrogen-bond donors (Lipinski definition) is 2. The molecule has 1 fully saturated rings. The number of primary amides is 1. The molecule has 0 atom stereocenters. The van der Waals surface area contributed by atoms with Crippen molar-refractivity contribution in [3.63, 3.8) is 0 Å². The first-order valence-corrected chi connectivity index (χ1v) is 10.9. The molecule has 1 aliphatic rings. The molecule has 1 heterocycles. The molecule has 0 aliphatic heterocycles. The Morgan fingerprint density at radius 1 is 1.06 bits per heavy atom. The fourth-order valence-electron chi connectivity index (χ4n) is 4.04. The standard InChI is InChI=1S/C23H21Cl2N3O3/c24-18-10-14(15-8-4-5-9-16(15)22(26)29)11-19(25)21(18)31-20-12-17(23(30)28-27-20)13-6-2-1-3-7-13/h4-5,8-13H,1-3,6-7H2,(H2,26,29)(H,28,30). The number of nitrogens with one attached hydrogen (secondary N) is 1. The molecule has 0 saturated heterocycles. The van der Waals surface area contributed by atoms with E-state index in [0.29, 0.717) is 22.3 Å². The van der Waals surface area contributed by atoms with Crippen molar-refractivity contribution in [2.24, 2.45) is 5.73 Å². The van der Waals surface area contributed by atoms with Gasteiger partial charge in [-0.1, -0.05) is 60.7 Å². The van der Waals surface area contributed by atoms with Crippen LogP contribution in [0.15, 0.2) is 47.3 Å². The molecule has 1 aromatic heterocycles. The van der Waals surface area contributed by atoms with Crippen LogP contribution in [0.3, 0.4) is 0 Å². The zero-order chi connectivity index (χ0) is 22.0. The van der Waals surface area contributed by atoms with Crippen LogP contribution in [0.2, 0.25) is 10.0 Å². The highest BCUT2D eigenvalue weighted by molar-refractivity contribution is 6.37. The summed E-state index contributed by atoms with van der Waals surface area (Å²) >= 11 is 12.9. The highest BCUT2D eigenvalue weighted by Gasteiger charge is 2.21. The lowest BCUT2D eigenvalue weighted by Gasteiger charge is -2.21. The van der Waals surface area contributed by atoms with E-state index < -0.39 is 5.91 Å². The van der Waals surface area contributed by atoms with Crippen molar-refractivity contribution >= 4 is 29.1 Å². The van der Waals surface area contributed by atoms with Crippen molar-refractivity contribution in [2.45, 2.75) is 38.0 Å². The smallest absolute Gasteiger partial charge is 0.267 e. The molecule has 6 nitrogen and oxygen atoms in total. The molecule has 31 heavy (non-hydrogen) atoms. The van der Waals surface area contributed by atoms with Crippen LogP contribution in [0, 0.1) is 0 Å². The number of nitrogens with two attached hydrogens (primary N) is 1. The van der Waals surface area contributed by atoms with Crippen LogP contribution in [0.25, 0.3) is 11.1 Å². The van der Waals surface area contributed by atoms with Crippen LogP contribution >= 0.6 is 23.2 Å². The SMILES string of the molecule is NC(=O)c1ccccc1-c1cc(Cl)c(Oc2cc(C3CCCCC3)c(=O)[nH]n2)c(Cl)c1. The van der Waals surface area contributed by atoms with Gasteiger partial charge in [0.15, 0.2) is 5.75 Å². The predicted molar refractivity (Wildman–Crippen MR) is 121 cm³/mol. The molecule has 4 rings (SSSR count). The second kappa shape index (κ2) is 9.12. The summed E-state index contributed by atoms with van der Waals surface area (Å²) < 4.78 is 5.86. The normalized spacial score (nSPS) is 14.4. The second-order valence-electron chi connectivity index (χ2n) is 7.61. The van der Waals surface area contributed by atoms with E-state index >= 15 is 0 Å². The van der Waals surface area contributed by atoms with Crippen LogP contribution in [-0.2, 0) is 0 Å². The predicted octanol–water partition coefficient (Wildman–Crippen LogP) is 5.68. The lowest BCUT2D eigenvalue weighted by Crippen LogP contribution is -2.19. The van der Waals surface area contributed by atoms with Gasteiger partial charge in [-0.15, -0.1) is 5.10 Å². The van der Waals surface area contributed by atoms with Gasteiger partial charge in [0.2, 0.25) is 11.8 Å². The number of halogens is 2. The molecule has 0 unspecified atom stereocenters. The Balaban J connectivity index is 1.66. The minimum atomic E-state index is -0.546. The van der Waals surface area contributed by atoms with Gasteiger partial charge >= 0.3 is 0 Å². The van der Waals surface area contributed by atoms with Crippen LogP contribution in [0.1, 0.15) is 53.9 Å². The first-order chi connectivity index (χ1) is 14.9. The number of rotatable bonds is 5. The largest absolute Gasteiger partial charge is 0.434 e. The summed E-state index contributed by atoms with van der Waals surface area (Å²) in [6.45, 7) is 0. The third-order valence-electron chi connectivity index (χ3n) is 5.56. The van der Waals surface area contributed by atoms with Gasteiger partial charge in [-0.3, -0.25) is 9.59 Å². The second-order valence-corrected chi connectivity index (χ2v) is 8.42. The third-order valence-corrected chi connectivity index (χ3v) is 6.12. The number of benzene rings is 2. The summed E-state index contributed by atoms with van der Waals surface area (Å²) in [5, 5.41) is 6.99. The molecule has 2 aromatic carbocycles. The van der Waals surface area contributed by atoms with Gasteiger partial charge in [0, 0.05) is 17.2 Å². The van der Waals surface area contributed by atoms with E-state index in [1.54, 1.807) is 42.5 Å². The molecule has 3 aromatic rings. The van der Waals surface area contributed by atoms with Gasteiger partial charge < -0.3 is 10.5 Å². The molecule has 160 valence electrons. The summed E-state index contributed by atoms with van der Waals surface area (Å²) in [5.41, 5.74) is 7.57. The Hall–Kier alpha value is -2.83. The Morgan fingerprint density at radius 2 is 1.74 bits per heavy atom. The van der Waals surface area contributed by atoms with Crippen molar-refractivity contribution in [2.75, 3.05) is 0 Å². The highest BCUT2D eigenvalue weighted by Crippen LogP contribution is 2.40. The number of carbonyl (C=O) groups excluding carboxylic acids is 1. The minimum absolute atomic E-state index is 0.196. The van der Waals surface area contributed by atoms with Gasteiger partial charge in [-0.2, -0.15) is 0 Å². The summed E-state index contributed by atoms with van der Waals surface area (Å²) in [4.78, 5) is 24.0. The van der Waals surface area contributed by atoms with Gasteiger partial charge in [0.25, 0.3) is 5.56 Å². The number of nitrogens with zero attached hydrogens (tertiary/aromatic N) is 1. The molecule has 3 N–H and O–H groups in total. The van der Waals surface area contributed by atoms with E-state index in [2.05, 4.69) is 10.2 Å². The van der Waals surface area contributed by atoms with Crippen molar-refractivity contribution in [3.05, 3.63) is 74.0 Å². The van der Waals surface area contributed by atoms with Crippen LogP contribution in [0.5, 0.6) is 11.6 Å². The highest BCUT2D eigenvalue weighted by atomic mass is 35.5. The maximum absolute atomic E-state index is 12.3. The van der Waals surface area contributed by atoms with Crippen molar-refractivity contribution < 1.29 is 9.53 Å². The Labute approximate surface area is 189 Å². The van der Waals surface area contributed by atoms with Crippen molar-refractivity contribution in [3.8, 4) is 22.8 Å². The maximum Gasteiger partial charge on any atom is 0.267 e. The average Bonchev–Trinajstić information content (AvgIpc) is 2.77. The van der Waals surface area contributed by atoms with E-state index in [-0.39, 0.29) is 33.2 Å². The fraction of sp³-hybridized carbons (Fsp3) is 0.261. The fourth-order valence-corrected chi connectivity index (χ4v) is 4.60. The van der Waals surface area contributed by atoms with Gasteiger partial charge in [0.05, 0.1) is 10.0 Å². The molecule has 0 radical (unpaired) electrons. The van der Waals surface area contributed by atoms with E-state index in [1.165, 1.54) is 6.42 Å². The lowest BCUT2D eigenvalue weighted by atomic mass is 9.85. The van der Waals surface area contributed by atoms with Gasteiger partial charge in [-0.05, 0) is 48.1 Å². The zero-order valence-corrected chi connectivity index (χ0v) is 18.2. The number of ether oxygens (including phenoxy) is 1. The number of amides is 1. The number of aromatic nitrogens is 2. The summed E-state index contributed by atoms with van der Waals surface area (Å²) in [6, 6.07) is 11.9. The van der Waals surface area contributed by atoms with Gasteiger partial charge in [-0.25, -0.2) is 5.10 Å². The molecule has 1 aliphatic carbocycles. The lowest BCUT2D eigenvalue weighted by molar-refractivity contribution is 0.100. The van der Waals surface area contributed by atoms with Crippen molar-refractivity contribution in [1.29, 1.82) is 0 Å². The van der Waals surface area contributed by atoms with Crippen LogP contribution in [0.4, 0.5) is 0 Å². The molecule has 8 heteroatoms. The third kappa shape index (κ3) is 4.60. The number of aromatic amines is 1. The summed E-state index contributed by atoms with van der Waals surface area (Å²) in [5.74, 6) is 0.0874. The molecular weight excluding hydrogens is 437 g/mol. The maximum atomic E-state index is 12.3. The first kappa shape index (κ1) is 21.4. The molecule has 0 spiro atoms. The van der Waals surface area contributed by atoms with Gasteiger partial charge in [0.1, 0.15) is 0 Å². The summed E-state index contributed by atoms with van der Waals surface area (Å²) in [6.07, 6.45) is 5.35. The zero-order valence-electron chi connectivity index (χ0n) is 16.7. The van der Waals surface area contributed by atoms with E-state index in [1.807, 2.05) is 0 Å². The Kier molecular flexibility index (Phi) is 6.30. The van der Waals surface area contributed by atoms with E-state index in [9.17, 15) is 9.59 Å². The average molecular weight is 458 g/mol. The quantitative estimate of drug-likeness (QED) is 0.514. The molecule has 1 amide bonds. The molecule has 1 saturated carbocycles. The summed E-state index contributed by atoms with van der Waals surface area (Å²) in [7, 11) is 0. The monoisotopic (exact) mass is 457 g/mol. The van der Waals surface area contributed by atoms with Crippen molar-refractivity contribution in [1.82, 2.24) is 10.2 Å². The van der Waals surface area contributed by atoms with Crippen LogP contribution in [-0.4, -0.2) is 16.1 Å².